The van der Waals surface area contributed by atoms with Crippen LogP contribution in [0.15, 0.2) is 24.3 Å². The maximum Gasteiger partial charge on any atom is 0.260 e. The highest BCUT2D eigenvalue weighted by Crippen LogP contribution is 2.21. The number of benzene rings is 1. The molecule has 1 fully saturated rings. The quantitative estimate of drug-likeness (QED) is 0.876. The van der Waals surface area contributed by atoms with Crippen molar-refractivity contribution in [1.29, 1.82) is 0 Å². The van der Waals surface area contributed by atoms with Gasteiger partial charge in [-0.25, -0.2) is 0 Å². The van der Waals surface area contributed by atoms with Gasteiger partial charge in [-0.2, -0.15) is 0 Å². The number of rotatable bonds is 5. The van der Waals surface area contributed by atoms with Crippen molar-refractivity contribution in [2.75, 3.05) is 33.9 Å². The fourth-order valence-corrected chi connectivity index (χ4v) is 2.61. The van der Waals surface area contributed by atoms with Crippen molar-refractivity contribution < 1.29 is 14.6 Å². The number of aryl methyl sites for hydroxylation is 1. The Kier molecular flexibility index (Phi) is 5.20. The van der Waals surface area contributed by atoms with Crippen LogP contribution in [0.5, 0.6) is 5.75 Å². The first-order chi connectivity index (χ1) is 10.0. The summed E-state index contributed by atoms with van der Waals surface area (Å²) in [6.07, 6.45) is 0.805. The van der Waals surface area contributed by atoms with Crippen LogP contribution in [0.25, 0.3) is 0 Å². The SMILES string of the molecule is Cc1ccc(OCC(=O)N2C[C@H](N(C)C)C[C@H]2CO)cc1. The van der Waals surface area contributed by atoms with Gasteiger partial charge in [0, 0.05) is 12.6 Å². The largest absolute Gasteiger partial charge is 0.484 e. The first kappa shape index (κ1) is 15.8. The van der Waals surface area contributed by atoms with Gasteiger partial charge in [-0.15, -0.1) is 0 Å². The summed E-state index contributed by atoms with van der Waals surface area (Å²) in [7, 11) is 3.99. The van der Waals surface area contributed by atoms with E-state index in [9.17, 15) is 9.90 Å². The van der Waals surface area contributed by atoms with E-state index in [1.165, 1.54) is 0 Å². The maximum atomic E-state index is 12.3. The molecule has 2 rings (SSSR count). The van der Waals surface area contributed by atoms with Crippen molar-refractivity contribution in [2.45, 2.75) is 25.4 Å². The van der Waals surface area contributed by atoms with Crippen molar-refractivity contribution in [3.05, 3.63) is 29.8 Å². The van der Waals surface area contributed by atoms with Crippen molar-refractivity contribution >= 4 is 5.91 Å². The number of likely N-dealkylation sites (N-methyl/N-ethyl adjacent to an activating group) is 1. The molecule has 1 saturated heterocycles. The number of nitrogens with zero attached hydrogens (tertiary/aromatic N) is 2. The molecule has 21 heavy (non-hydrogen) atoms. The van der Waals surface area contributed by atoms with Crippen LogP contribution in [0.1, 0.15) is 12.0 Å². The molecule has 0 saturated carbocycles. The molecule has 0 unspecified atom stereocenters. The van der Waals surface area contributed by atoms with Gasteiger partial charge in [0.05, 0.1) is 12.6 Å². The van der Waals surface area contributed by atoms with Gasteiger partial charge in [0.15, 0.2) is 6.61 Å². The first-order valence-electron chi connectivity index (χ1n) is 7.27. The second-order valence-electron chi connectivity index (χ2n) is 5.84. The summed E-state index contributed by atoms with van der Waals surface area (Å²) in [5.41, 5.74) is 1.15. The normalized spacial score (nSPS) is 21.9. The highest BCUT2D eigenvalue weighted by molar-refractivity contribution is 5.78. The monoisotopic (exact) mass is 292 g/mol. The van der Waals surface area contributed by atoms with Crippen molar-refractivity contribution in [1.82, 2.24) is 9.80 Å². The van der Waals surface area contributed by atoms with E-state index in [1.54, 1.807) is 4.90 Å². The van der Waals surface area contributed by atoms with E-state index in [0.29, 0.717) is 18.3 Å². The molecule has 1 aromatic carbocycles. The summed E-state index contributed by atoms with van der Waals surface area (Å²) in [6.45, 7) is 2.67. The van der Waals surface area contributed by atoms with E-state index in [-0.39, 0.29) is 25.2 Å². The lowest BCUT2D eigenvalue weighted by Crippen LogP contribution is -2.41. The van der Waals surface area contributed by atoms with E-state index in [1.807, 2.05) is 45.3 Å². The van der Waals surface area contributed by atoms with E-state index in [2.05, 4.69) is 4.90 Å². The molecule has 1 aliphatic rings. The van der Waals surface area contributed by atoms with E-state index < -0.39 is 0 Å². The zero-order valence-electron chi connectivity index (χ0n) is 13.0. The predicted octanol–water partition coefficient (Wildman–Crippen LogP) is 0.897. The molecule has 0 spiro atoms. The van der Waals surface area contributed by atoms with Crippen LogP contribution in [0.3, 0.4) is 0 Å². The Hall–Kier alpha value is -1.59. The molecule has 1 amide bonds. The molecular weight excluding hydrogens is 268 g/mol. The summed E-state index contributed by atoms with van der Waals surface area (Å²) in [5.74, 6) is 0.622. The number of hydrogen-bond acceptors (Lipinski definition) is 4. The lowest BCUT2D eigenvalue weighted by molar-refractivity contribution is -0.135. The molecule has 0 radical (unpaired) electrons. The number of carbonyl (C=O) groups is 1. The number of ether oxygens (including phenoxy) is 1. The first-order valence-corrected chi connectivity index (χ1v) is 7.27. The number of amides is 1. The number of hydrogen-bond donors (Lipinski definition) is 1. The lowest BCUT2D eigenvalue weighted by Gasteiger charge is -2.23. The zero-order valence-corrected chi connectivity index (χ0v) is 13.0. The van der Waals surface area contributed by atoms with Gasteiger partial charge in [-0.05, 0) is 39.6 Å². The Morgan fingerprint density at radius 3 is 2.62 bits per heavy atom. The van der Waals surface area contributed by atoms with Gasteiger partial charge >= 0.3 is 0 Å². The molecule has 0 bridgehead atoms. The minimum Gasteiger partial charge on any atom is -0.484 e. The molecular formula is C16H24N2O3. The third-order valence-corrected chi connectivity index (χ3v) is 4.04. The van der Waals surface area contributed by atoms with Crippen LogP contribution in [0.4, 0.5) is 0 Å². The topological polar surface area (TPSA) is 53.0 Å². The number of aliphatic hydroxyl groups excluding tert-OH is 1. The van der Waals surface area contributed by atoms with Crippen LogP contribution in [0, 0.1) is 6.92 Å². The summed E-state index contributed by atoms with van der Waals surface area (Å²) < 4.78 is 5.54. The third kappa shape index (κ3) is 3.95. The lowest BCUT2D eigenvalue weighted by atomic mass is 10.2. The summed E-state index contributed by atoms with van der Waals surface area (Å²) in [6, 6.07) is 7.82. The summed E-state index contributed by atoms with van der Waals surface area (Å²) >= 11 is 0. The molecule has 1 N–H and O–H groups in total. The molecule has 1 heterocycles. The van der Waals surface area contributed by atoms with Crippen LogP contribution in [-0.2, 0) is 4.79 Å². The number of carbonyl (C=O) groups excluding carboxylic acids is 1. The fraction of sp³-hybridized carbons (Fsp3) is 0.562. The van der Waals surface area contributed by atoms with Crippen molar-refractivity contribution in [3.63, 3.8) is 0 Å². The van der Waals surface area contributed by atoms with Gasteiger partial charge in [-0.3, -0.25) is 4.79 Å². The molecule has 1 aromatic rings. The highest BCUT2D eigenvalue weighted by atomic mass is 16.5. The van der Waals surface area contributed by atoms with Gasteiger partial charge in [0.25, 0.3) is 5.91 Å². The minimum atomic E-state index is -0.105. The minimum absolute atomic E-state index is 0.000607. The average Bonchev–Trinajstić information content (AvgIpc) is 2.91. The molecule has 5 heteroatoms. The van der Waals surface area contributed by atoms with E-state index >= 15 is 0 Å². The summed E-state index contributed by atoms with van der Waals surface area (Å²) in [5, 5.41) is 9.45. The zero-order chi connectivity index (χ0) is 15.4. The Balaban J connectivity index is 1.91. The summed E-state index contributed by atoms with van der Waals surface area (Å²) in [4.78, 5) is 16.1. The Labute approximate surface area is 126 Å². The van der Waals surface area contributed by atoms with Crippen molar-refractivity contribution in [2.24, 2.45) is 0 Å². The predicted molar refractivity (Wildman–Crippen MR) is 81.4 cm³/mol. The van der Waals surface area contributed by atoms with E-state index in [0.717, 1.165) is 12.0 Å². The maximum absolute atomic E-state index is 12.3. The fourth-order valence-electron chi connectivity index (χ4n) is 2.61. The molecule has 0 aromatic heterocycles. The van der Waals surface area contributed by atoms with Crippen LogP contribution < -0.4 is 4.74 Å². The highest BCUT2D eigenvalue weighted by Gasteiger charge is 2.35. The van der Waals surface area contributed by atoms with E-state index in [4.69, 9.17) is 4.74 Å². The second-order valence-corrected chi connectivity index (χ2v) is 5.84. The van der Waals surface area contributed by atoms with Crippen molar-refractivity contribution in [3.8, 4) is 5.75 Å². The van der Waals surface area contributed by atoms with Crippen LogP contribution in [-0.4, -0.2) is 66.8 Å². The van der Waals surface area contributed by atoms with Gasteiger partial charge in [-0.1, -0.05) is 17.7 Å². The number of aliphatic hydroxyl groups is 1. The Morgan fingerprint density at radius 2 is 2.05 bits per heavy atom. The van der Waals surface area contributed by atoms with Crippen LogP contribution in [0.2, 0.25) is 0 Å². The van der Waals surface area contributed by atoms with Gasteiger partial charge in [0.2, 0.25) is 0 Å². The standard InChI is InChI=1S/C16H24N2O3/c1-12-4-6-15(7-5-12)21-11-16(20)18-9-13(17(2)3)8-14(18)10-19/h4-7,13-14,19H,8-11H2,1-3H3/t13-,14+/m1/s1. The van der Waals surface area contributed by atoms with Gasteiger partial charge < -0.3 is 19.6 Å². The Bertz CT molecular complexity index is 473. The molecule has 5 nitrogen and oxygen atoms in total. The van der Waals surface area contributed by atoms with Crippen LogP contribution >= 0.6 is 0 Å². The smallest absolute Gasteiger partial charge is 0.260 e. The molecule has 1 aliphatic heterocycles. The second kappa shape index (κ2) is 6.91. The third-order valence-electron chi connectivity index (χ3n) is 4.04. The molecule has 0 aliphatic carbocycles. The average molecular weight is 292 g/mol. The number of likely N-dealkylation sites (tertiary alicyclic amines) is 1. The van der Waals surface area contributed by atoms with Gasteiger partial charge in [0.1, 0.15) is 5.75 Å². The Morgan fingerprint density at radius 1 is 1.38 bits per heavy atom. The molecule has 116 valence electrons. The molecule has 2 atom stereocenters.